The van der Waals surface area contributed by atoms with Gasteiger partial charge in [0.15, 0.2) is 0 Å². The molecule has 5 nitrogen and oxygen atoms in total. The van der Waals surface area contributed by atoms with Gasteiger partial charge in [-0.3, -0.25) is 4.79 Å². The average molecular weight is 408 g/mol. The molecule has 0 radical (unpaired) electrons. The molecule has 0 fully saturated rings. The number of allylic oxidation sites excluding steroid dienone is 4. The molecule has 2 N–H and O–H groups in total. The fourth-order valence-electron chi connectivity index (χ4n) is 2.99. The lowest BCUT2D eigenvalue weighted by atomic mass is 10.1. The van der Waals surface area contributed by atoms with Crippen LogP contribution in [-0.4, -0.2) is 28.8 Å². The van der Waals surface area contributed by atoms with E-state index >= 15 is 0 Å². The smallest absolute Gasteiger partial charge is 0.326 e. The van der Waals surface area contributed by atoms with E-state index in [1.807, 2.05) is 0 Å². The normalized spacial score (nSPS) is 12.5. The first-order valence-electron chi connectivity index (χ1n) is 11.3. The summed E-state index contributed by atoms with van der Waals surface area (Å²) in [4.78, 5) is 34.0. The Kier molecular flexibility index (Phi) is 18.1. The molecule has 0 spiro atoms. The Hall–Kier alpha value is -1.91. The van der Waals surface area contributed by atoms with E-state index in [0.29, 0.717) is 6.42 Å². The van der Waals surface area contributed by atoms with Crippen molar-refractivity contribution < 1.29 is 19.5 Å². The minimum absolute atomic E-state index is 0.0696. The number of carboxylic acids is 1. The summed E-state index contributed by atoms with van der Waals surface area (Å²) >= 11 is 0. The van der Waals surface area contributed by atoms with Crippen LogP contribution in [-0.2, 0) is 14.4 Å². The molecule has 0 aliphatic carbocycles. The highest BCUT2D eigenvalue weighted by molar-refractivity contribution is 5.84. The summed E-state index contributed by atoms with van der Waals surface area (Å²) in [6.45, 7) is 3.64. The molecular formula is C24H41NO4. The van der Waals surface area contributed by atoms with Gasteiger partial charge in [-0.05, 0) is 45.4 Å². The molecule has 5 heteroatoms. The standard InChI is InChI=1S/C24H41NO4/c1-3-4-5-6-7-8-9-10-11-12-13-14-15-16-17-18-23(27)25-22(24(28)29)20-19-21(2)26/h7-10,22H,3-6,11-20H2,1-2H3,(H,25,27)(H,28,29)/b8-7-,10-9+. The van der Waals surface area contributed by atoms with Gasteiger partial charge in [0.25, 0.3) is 0 Å². The summed E-state index contributed by atoms with van der Waals surface area (Å²) in [7, 11) is 0. The zero-order chi connectivity index (χ0) is 21.7. The summed E-state index contributed by atoms with van der Waals surface area (Å²) in [5.41, 5.74) is 0. The van der Waals surface area contributed by atoms with Crippen LogP contribution < -0.4 is 5.32 Å². The van der Waals surface area contributed by atoms with Crippen molar-refractivity contribution in [2.45, 2.75) is 110 Å². The van der Waals surface area contributed by atoms with Gasteiger partial charge in [0, 0.05) is 12.8 Å². The molecule has 0 bridgehead atoms. The van der Waals surface area contributed by atoms with Crippen molar-refractivity contribution in [2.75, 3.05) is 0 Å². The highest BCUT2D eigenvalue weighted by Gasteiger charge is 2.19. The van der Waals surface area contributed by atoms with Gasteiger partial charge in [-0.15, -0.1) is 0 Å². The summed E-state index contributed by atoms with van der Waals surface area (Å²) in [5, 5.41) is 11.6. The van der Waals surface area contributed by atoms with E-state index in [2.05, 4.69) is 36.5 Å². The van der Waals surface area contributed by atoms with Crippen LogP contribution >= 0.6 is 0 Å². The van der Waals surface area contributed by atoms with Crippen molar-refractivity contribution in [1.82, 2.24) is 5.32 Å². The SMILES string of the molecule is CCCCC/C=C\C=C\CCCCCCCCC(=O)NC(CCC(C)=O)C(=O)O. The molecule has 0 aromatic heterocycles. The molecule has 29 heavy (non-hydrogen) atoms. The van der Waals surface area contributed by atoms with Crippen LogP contribution in [0.5, 0.6) is 0 Å². The van der Waals surface area contributed by atoms with Gasteiger partial charge in [-0.25, -0.2) is 4.79 Å². The maximum absolute atomic E-state index is 11.9. The predicted octanol–water partition coefficient (Wildman–Crippen LogP) is 5.74. The number of hydrogen-bond acceptors (Lipinski definition) is 3. The zero-order valence-corrected chi connectivity index (χ0v) is 18.5. The van der Waals surface area contributed by atoms with Gasteiger partial charge in [-0.1, -0.05) is 69.8 Å². The largest absolute Gasteiger partial charge is 0.480 e. The molecule has 1 atom stereocenters. The van der Waals surface area contributed by atoms with E-state index in [1.54, 1.807) is 0 Å². The number of carboxylic acid groups (broad SMARTS) is 1. The van der Waals surface area contributed by atoms with E-state index in [4.69, 9.17) is 5.11 Å². The van der Waals surface area contributed by atoms with E-state index < -0.39 is 12.0 Å². The van der Waals surface area contributed by atoms with Gasteiger partial charge in [0.2, 0.25) is 5.91 Å². The number of ketones is 1. The molecular weight excluding hydrogens is 366 g/mol. The molecule has 0 aromatic rings. The Morgan fingerprint density at radius 2 is 1.38 bits per heavy atom. The number of hydrogen-bond donors (Lipinski definition) is 2. The van der Waals surface area contributed by atoms with E-state index in [-0.39, 0.29) is 24.5 Å². The first-order valence-corrected chi connectivity index (χ1v) is 11.3. The van der Waals surface area contributed by atoms with Gasteiger partial charge in [0.05, 0.1) is 0 Å². The monoisotopic (exact) mass is 407 g/mol. The fraction of sp³-hybridized carbons (Fsp3) is 0.708. The summed E-state index contributed by atoms with van der Waals surface area (Å²) in [5.74, 6) is -1.39. The van der Waals surface area contributed by atoms with Crippen LogP contribution in [0.4, 0.5) is 0 Å². The predicted molar refractivity (Wildman–Crippen MR) is 119 cm³/mol. The van der Waals surface area contributed by atoms with Crippen LogP contribution in [0.2, 0.25) is 0 Å². The molecule has 0 aliphatic rings. The Morgan fingerprint density at radius 1 is 0.828 bits per heavy atom. The van der Waals surface area contributed by atoms with Crippen molar-refractivity contribution in [3.63, 3.8) is 0 Å². The van der Waals surface area contributed by atoms with Crippen LogP contribution in [0, 0.1) is 0 Å². The minimum Gasteiger partial charge on any atom is -0.480 e. The van der Waals surface area contributed by atoms with Crippen molar-refractivity contribution in [3.8, 4) is 0 Å². The summed E-state index contributed by atoms with van der Waals surface area (Å²) in [6, 6.07) is -0.967. The molecule has 1 unspecified atom stereocenters. The number of unbranched alkanes of at least 4 members (excludes halogenated alkanes) is 9. The second-order valence-corrected chi connectivity index (χ2v) is 7.71. The number of amides is 1. The molecule has 0 saturated heterocycles. The zero-order valence-electron chi connectivity index (χ0n) is 18.5. The van der Waals surface area contributed by atoms with Gasteiger partial charge in [-0.2, -0.15) is 0 Å². The molecule has 1 amide bonds. The van der Waals surface area contributed by atoms with Gasteiger partial charge >= 0.3 is 5.97 Å². The third-order valence-electron chi connectivity index (χ3n) is 4.80. The molecule has 0 aliphatic heterocycles. The second kappa shape index (κ2) is 19.4. The molecule has 0 heterocycles. The number of nitrogens with one attached hydrogen (secondary N) is 1. The van der Waals surface area contributed by atoms with Crippen molar-refractivity contribution in [3.05, 3.63) is 24.3 Å². The molecule has 166 valence electrons. The lowest BCUT2D eigenvalue weighted by molar-refractivity contribution is -0.142. The maximum atomic E-state index is 11.9. The van der Waals surface area contributed by atoms with E-state index in [1.165, 1.54) is 51.9 Å². The Labute approximate surface area is 177 Å². The van der Waals surface area contributed by atoms with Crippen LogP contribution in [0.15, 0.2) is 24.3 Å². The fourth-order valence-corrected chi connectivity index (χ4v) is 2.99. The molecule has 0 rings (SSSR count). The highest BCUT2D eigenvalue weighted by Crippen LogP contribution is 2.09. The topological polar surface area (TPSA) is 83.5 Å². The Morgan fingerprint density at radius 3 is 1.93 bits per heavy atom. The van der Waals surface area contributed by atoms with Crippen LogP contribution in [0.25, 0.3) is 0 Å². The van der Waals surface area contributed by atoms with E-state index in [9.17, 15) is 14.4 Å². The van der Waals surface area contributed by atoms with E-state index in [0.717, 1.165) is 25.7 Å². The maximum Gasteiger partial charge on any atom is 0.326 e. The number of aliphatic carboxylic acids is 1. The number of Topliss-reactive ketones (excluding diaryl/α,β-unsaturated/α-hetero) is 1. The quantitative estimate of drug-likeness (QED) is 0.211. The Balaban J connectivity index is 3.60. The van der Waals surface area contributed by atoms with Crippen molar-refractivity contribution in [2.24, 2.45) is 0 Å². The third kappa shape index (κ3) is 19.2. The lowest BCUT2D eigenvalue weighted by Gasteiger charge is -2.13. The third-order valence-corrected chi connectivity index (χ3v) is 4.80. The van der Waals surface area contributed by atoms with Crippen molar-refractivity contribution >= 4 is 17.7 Å². The lowest BCUT2D eigenvalue weighted by Crippen LogP contribution is -2.40. The van der Waals surface area contributed by atoms with Crippen LogP contribution in [0.3, 0.4) is 0 Å². The van der Waals surface area contributed by atoms with Crippen LogP contribution in [0.1, 0.15) is 104 Å². The molecule has 0 saturated carbocycles. The first-order chi connectivity index (χ1) is 14.0. The summed E-state index contributed by atoms with van der Waals surface area (Å²) in [6.07, 6.45) is 22.0. The highest BCUT2D eigenvalue weighted by atomic mass is 16.4. The van der Waals surface area contributed by atoms with Crippen molar-refractivity contribution in [1.29, 1.82) is 0 Å². The van der Waals surface area contributed by atoms with Gasteiger partial charge < -0.3 is 15.2 Å². The summed E-state index contributed by atoms with van der Waals surface area (Å²) < 4.78 is 0. The molecule has 0 aromatic carbocycles. The number of carbonyl (C=O) groups is 3. The van der Waals surface area contributed by atoms with Gasteiger partial charge in [0.1, 0.15) is 11.8 Å². The minimum atomic E-state index is -1.08. The Bertz CT molecular complexity index is 511. The first kappa shape index (κ1) is 27.1. The number of rotatable bonds is 19. The second-order valence-electron chi connectivity index (χ2n) is 7.71. The average Bonchev–Trinajstić information content (AvgIpc) is 2.67. The number of carbonyl (C=O) groups excluding carboxylic acids is 2.